The molecule has 0 bridgehead atoms. The summed E-state index contributed by atoms with van der Waals surface area (Å²) in [6.45, 7) is 0. The SMILES string of the molecule is Nc1cc(Cl)cnc1Nc1cc(F)cc(Cl)c1. The molecular weight excluding hydrogens is 264 g/mol. The molecule has 0 amide bonds. The van der Waals surface area contributed by atoms with Crippen LogP contribution in [0, 0.1) is 5.82 Å². The number of hydrogen-bond donors (Lipinski definition) is 2. The van der Waals surface area contributed by atoms with E-state index in [1.807, 2.05) is 0 Å². The first-order chi connectivity index (χ1) is 8.04. The van der Waals surface area contributed by atoms with E-state index in [4.69, 9.17) is 28.9 Å². The quantitative estimate of drug-likeness (QED) is 0.872. The van der Waals surface area contributed by atoms with E-state index in [-0.39, 0.29) is 0 Å². The smallest absolute Gasteiger partial charge is 0.153 e. The molecule has 6 heteroatoms. The van der Waals surface area contributed by atoms with Gasteiger partial charge in [-0.25, -0.2) is 9.37 Å². The van der Waals surface area contributed by atoms with E-state index in [2.05, 4.69) is 10.3 Å². The van der Waals surface area contributed by atoms with Gasteiger partial charge in [0, 0.05) is 16.9 Å². The van der Waals surface area contributed by atoms with Crippen LogP contribution in [0.4, 0.5) is 21.6 Å². The molecule has 0 aliphatic heterocycles. The third-order valence-electron chi connectivity index (χ3n) is 2.01. The number of nitrogens with two attached hydrogens (primary N) is 1. The first-order valence-corrected chi connectivity index (χ1v) is 5.44. The number of rotatable bonds is 2. The van der Waals surface area contributed by atoms with Crippen molar-refractivity contribution in [2.24, 2.45) is 0 Å². The normalized spacial score (nSPS) is 10.3. The highest BCUT2D eigenvalue weighted by atomic mass is 35.5. The summed E-state index contributed by atoms with van der Waals surface area (Å²) < 4.78 is 13.1. The Morgan fingerprint density at radius 1 is 1.12 bits per heavy atom. The topological polar surface area (TPSA) is 50.9 Å². The van der Waals surface area contributed by atoms with Crippen molar-refractivity contribution in [2.75, 3.05) is 11.1 Å². The number of benzene rings is 1. The monoisotopic (exact) mass is 271 g/mol. The Bertz CT molecular complexity index is 540. The number of hydrogen-bond acceptors (Lipinski definition) is 3. The average Bonchev–Trinajstić information content (AvgIpc) is 2.21. The lowest BCUT2D eigenvalue weighted by molar-refractivity contribution is 0.628. The van der Waals surface area contributed by atoms with Gasteiger partial charge in [0.2, 0.25) is 0 Å². The predicted molar refractivity (Wildman–Crippen MR) is 68.4 cm³/mol. The number of nitrogen functional groups attached to an aromatic ring is 1. The van der Waals surface area contributed by atoms with Gasteiger partial charge in [0.1, 0.15) is 5.82 Å². The fourth-order valence-corrected chi connectivity index (χ4v) is 1.71. The van der Waals surface area contributed by atoms with Gasteiger partial charge in [-0.15, -0.1) is 0 Å². The Kier molecular flexibility index (Phi) is 3.36. The molecule has 0 aliphatic carbocycles. The Morgan fingerprint density at radius 2 is 1.88 bits per heavy atom. The van der Waals surface area contributed by atoms with Crippen LogP contribution in [0.25, 0.3) is 0 Å². The zero-order valence-corrected chi connectivity index (χ0v) is 10.1. The number of nitrogens with one attached hydrogen (secondary N) is 1. The van der Waals surface area contributed by atoms with Gasteiger partial charge < -0.3 is 11.1 Å². The molecule has 0 spiro atoms. The summed E-state index contributed by atoms with van der Waals surface area (Å²) in [5, 5.41) is 3.59. The van der Waals surface area contributed by atoms with Crippen molar-refractivity contribution in [1.82, 2.24) is 4.98 Å². The Labute approximate surface area is 107 Å². The van der Waals surface area contributed by atoms with E-state index in [9.17, 15) is 4.39 Å². The summed E-state index contributed by atoms with van der Waals surface area (Å²) in [6.07, 6.45) is 1.45. The number of anilines is 3. The minimum atomic E-state index is -0.437. The van der Waals surface area contributed by atoms with Crippen molar-refractivity contribution >= 4 is 40.4 Å². The van der Waals surface area contributed by atoms with E-state index >= 15 is 0 Å². The number of aromatic nitrogens is 1. The lowest BCUT2D eigenvalue weighted by Crippen LogP contribution is -1.99. The van der Waals surface area contributed by atoms with Crippen molar-refractivity contribution in [3.05, 3.63) is 46.3 Å². The summed E-state index contributed by atoms with van der Waals surface area (Å²) in [5.41, 5.74) is 6.55. The molecule has 0 fully saturated rings. The van der Waals surface area contributed by atoms with Gasteiger partial charge in [0.05, 0.1) is 10.7 Å². The standard InChI is InChI=1S/C11H8Cl2FN3/c12-6-1-8(14)4-9(2-6)17-11-10(15)3-7(13)5-16-11/h1-5H,15H2,(H,16,17). The molecule has 17 heavy (non-hydrogen) atoms. The van der Waals surface area contributed by atoms with Crippen molar-refractivity contribution in [3.8, 4) is 0 Å². The zero-order chi connectivity index (χ0) is 12.4. The van der Waals surface area contributed by atoms with Gasteiger partial charge in [0.15, 0.2) is 5.82 Å². The molecule has 3 nitrogen and oxygen atoms in total. The largest absolute Gasteiger partial charge is 0.396 e. The molecular formula is C11H8Cl2FN3. The molecule has 0 aliphatic rings. The van der Waals surface area contributed by atoms with Gasteiger partial charge in [0.25, 0.3) is 0 Å². The Hall–Kier alpha value is -1.52. The summed E-state index contributed by atoms with van der Waals surface area (Å²) in [6, 6.07) is 5.63. The van der Waals surface area contributed by atoms with Crippen LogP contribution in [0.15, 0.2) is 30.5 Å². The molecule has 0 unspecified atom stereocenters. The van der Waals surface area contributed by atoms with Gasteiger partial charge >= 0.3 is 0 Å². The molecule has 0 atom stereocenters. The fraction of sp³-hybridized carbons (Fsp3) is 0. The minimum Gasteiger partial charge on any atom is -0.396 e. The van der Waals surface area contributed by atoms with Gasteiger partial charge in [-0.05, 0) is 24.3 Å². The van der Waals surface area contributed by atoms with Crippen LogP contribution in [0.3, 0.4) is 0 Å². The Balaban J connectivity index is 2.31. The molecule has 1 aromatic carbocycles. The summed E-state index contributed by atoms with van der Waals surface area (Å²) >= 11 is 11.4. The number of nitrogens with zero attached hydrogens (tertiary/aromatic N) is 1. The van der Waals surface area contributed by atoms with Crippen LogP contribution in [0.1, 0.15) is 0 Å². The van der Waals surface area contributed by atoms with Crippen LogP contribution in [0.5, 0.6) is 0 Å². The van der Waals surface area contributed by atoms with Gasteiger partial charge in [-0.1, -0.05) is 23.2 Å². The first-order valence-electron chi connectivity index (χ1n) is 4.69. The molecule has 1 aromatic heterocycles. The summed E-state index contributed by atoms with van der Waals surface area (Å²) in [4.78, 5) is 4.00. The molecule has 88 valence electrons. The third kappa shape index (κ3) is 2.99. The maximum Gasteiger partial charge on any atom is 0.153 e. The lowest BCUT2D eigenvalue weighted by Gasteiger charge is -2.08. The van der Waals surface area contributed by atoms with Crippen molar-refractivity contribution in [2.45, 2.75) is 0 Å². The summed E-state index contributed by atoms with van der Waals surface area (Å²) in [7, 11) is 0. The molecule has 3 N–H and O–H groups in total. The Morgan fingerprint density at radius 3 is 2.53 bits per heavy atom. The second-order valence-electron chi connectivity index (χ2n) is 3.37. The lowest BCUT2D eigenvalue weighted by atomic mass is 10.3. The van der Waals surface area contributed by atoms with E-state index in [0.29, 0.717) is 27.2 Å². The van der Waals surface area contributed by atoms with Crippen LogP contribution >= 0.6 is 23.2 Å². The molecule has 2 aromatic rings. The van der Waals surface area contributed by atoms with Crippen LogP contribution in [-0.4, -0.2) is 4.98 Å². The minimum absolute atomic E-state index is 0.292. The van der Waals surface area contributed by atoms with Crippen LogP contribution in [-0.2, 0) is 0 Å². The number of pyridine rings is 1. The maximum atomic E-state index is 13.1. The molecule has 1 heterocycles. The average molecular weight is 272 g/mol. The van der Waals surface area contributed by atoms with Gasteiger partial charge in [-0.2, -0.15) is 0 Å². The molecule has 0 radical (unpaired) electrons. The highest BCUT2D eigenvalue weighted by molar-refractivity contribution is 6.31. The number of halogens is 3. The van der Waals surface area contributed by atoms with E-state index in [1.165, 1.54) is 18.3 Å². The van der Waals surface area contributed by atoms with E-state index in [0.717, 1.165) is 0 Å². The van der Waals surface area contributed by atoms with E-state index in [1.54, 1.807) is 12.1 Å². The fourth-order valence-electron chi connectivity index (χ4n) is 1.32. The maximum absolute atomic E-state index is 13.1. The van der Waals surface area contributed by atoms with Crippen LogP contribution in [0.2, 0.25) is 10.0 Å². The second kappa shape index (κ2) is 4.77. The molecule has 0 saturated carbocycles. The van der Waals surface area contributed by atoms with Crippen LogP contribution < -0.4 is 11.1 Å². The highest BCUT2D eigenvalue weighted by Gasteiger charge is 2.04. The van der Waals surface area contributed by atoms with Gasteiger partial charge in [-0.3, -0.25) is 0 Å². The van der Waals surface area contributed by atoms with Crippen molar-refractivity contribution in [3.63, 3.8) is 0 Å². The second-order valence-corrected chi connectivity index (χ2v) is 4.25. The molecule has 0 saturated heterocycles. The first kappa shape index (κ1) is 12.0. The summed E-state index contributed by atoms with van der Waals surface area (Å²) in [5.74, 6) is -0.0383. The van der Waals surface area contributed by atoms with E-state index < -0.39 is 5.82 Å². The molecule has 2 rings (SSSR count). The van der Waals surface area contributed by atoms with Crippen molar-refractivity contribution < 1.29 is 4.39 Å². The van der Waals surface area contributed by atoms with Crippen molar-refractivity contribution in [1.29, 1.82) is 0 Å². The highest BCUT2D eigenvalue weighted by Crippen LogP contribution is 2.25. The third-order valence-corrected chi connectivity index (χ3v) is 2.43. The predicted octanol–water partition coefficient (Wildman–Crippen LogP) is 3.85. The zero-order valence-electron chi connectivity index (χ0n) is 8.55.